The van der Waals surface area contributed by atoms with Gasteiger partial charge in [0.05, 0.1) is 5.92 Å². The highest BCUT2D eigenvalue weighted by Crippen LogP contribution is 2.17. The fraction of sp³-hybridized carbons (Fsp3) is 0.440. The fourth-order valence-corrected chi connectivity index (χ4v) is 3.77. The Hall–Kier alpha value is -2.66. The molecule has 5 nitrogen and oxygen atoms in total. The number of hydrogen-bond donors (Lipinski definition) is 0. The minimum Gasteiger partial charge on any atom is -0.461 e. The summed E-state index contributed by atoms with van der Waals surface area (Å²) in [6.07, 6.45) is 3.15. The van der Waals surface area contributed by atoms with Gasteiger partial charge in [-0.25, -0.2) is 0 Å². The Balaban J connectivity index is 1.57. The number of benzene rings is 2. The molecule has 0 aliphatic carbocycles. The van der Waals surface area contributed by atoms with Gasteiger partial charge < -0.3 is 14.5 Å². The molecule has 0 aromatic heterocycles. The number of carbonyl (C=O) groups excluding carboxylic acids is 2. The van der Waals surface area contributed by atoms with E-state index in [-0.39, 0.29) is 24.9 Å². The second kappa shape index (κ2) is 11.5. The first-order valence-electron chi connectivity index (χ1n) is 10.8. The van der Waals surface area contributed by atoms with Gasteiger partial charge in [-0.2, -0.15) is 0 Å². The van der Waals surface area contributed by atoms with Crippen LogP contribution in [0.4, 0.5) is 0 Å². The molecule has 2 aromatic carbocycles. The Morgan fingerprint density at radius 2 is 1.57 bits per heavy atom. The van der Waals surface area contributed by atoms with Crippen molar-refractivity contribution in [2.75, 3.05) is 33.2 Å². The van der Waals surface area contributed by atoms with E-state index in [1.165, 1.54) is 12.8 Å². The average molecular weight is 409 g/mol. The monoisotopic (exact) mass is 408 g/mol. The maximum atomic E-state index is 12.8. The zero-order valence-corrected chi connectivity index (χ0v) is 17.8. The number of amides is 1. The molecule has 1 amide bonds. The molecule has 1 aliphatic heterocycles. The molecule has 0 saturated carbocycles. The molecule has 0 bridgehead atoms. The normalized spacial score (nSPS) is 15.0. The summed E-state index contributed by atoms with van der Waals surface area (Å²) in [5, 5.41) is 0. The zero-order chi connectivity index (χ0) is 21.2. The van der Waals surface area contributed by atoms with Crippen molar-refractivity contribution in [2.45, 2.75) is 32.3 Å². The molecule has 0 radical (unpaired) electrons. The van der Waals surface area contributed by atoms with Crippen LogP contribution in [-0.2, 0) is 27.4 Å². The Morgan fingerprint density at radius 3 is 2.20 bits per heavy atom. The average Bonchev–Trinajstić information content (AvgIpc) is 3.30. The first kappa shape index (κ1) is 22.0. The number of nitrogens with zero attached hydrogens (tertiary/aromatic N) is 2. The van der Waals surface area contributed by atoms with Crippen molar-refractivity contribution in [3.8, 4) is 0 Å². The third kappa shape index (κ3) is 6.99. The van der Waals surface area contributed by atoms with Crippen LogP contribution in [0.2, 0.25) is 0 Å². The molecule has 0 spiro atoms. The van der Waals surface area contributed by atoms with Crippen LogP contribution in [0, 0.1) is 5.92 Å². The van der Waals surface area contributed by atoms with E-state index >= 15 is 0 Å². The van der Waals surface area contributed by atoms with Crippen LogP contribution in [0.3, 0.4) is 0 Å². The van der Waals surface area contributed by atoms with Crippen molar-refractivity contribution in [1.29, 1.82) is 0 Å². The molecule has 1 atom stereocenters. The summed E-state index contributed by atoms with van der Waals surface area (Å²) >= 11 is 0. The predicted molar refractivity (Wildman–Crippen MR) is 118 cm³/mol. The van der Waals surface area contributed by atoms with Gasteiger partial charge in [0.1, 0.15) is 6.61 Å². The predicted octanol–water partition coefficient (Wildman–Crippen LogP) is 3.53. The molecule has 160 valence electrons. The lowest BCUT2D eigenvalue weighted by Gasteiger charge is -2.23. The molecule has 1 heterocycles. The highest BCUT2D eigenvalue weighted by Gasteiger charge is 2.26. The van der Waals surface area contributed by atoms with Crippen LogP contribution in [0.25, 0.3) is 0 Å². The van der Waals surface area contributed by atoms with E-state index in [2.05, 4.69) is 4.90 Å². The summed E-state index contributed by atoms with van der Waals surface area (Å²) in [4.78, 5) is 29.8. The highest BCUT2D eigenvalue weighted by molar-refractivity contribution is 5.83. The summed E-state index contributed by atoms with van der Waals surface area (Å²) in [6, 6.07) is 19.4. The Morgan fingerprint density at radius 1 is 0.967 bits per heavy atom. The van der Waals surface area contributed by atoms with E-state index in [1.54, 1.807) is 4.90 Å². The summed E-state index contributed by atoms with van der Waals surface area (Å²) < 4.78 is 5.57. The van der Waals surface area contributed by atoms with Crippen molar-refractivity contribution in [2.24, 2.45) is 5.92 Å². The van der Waals surface area contributed by atoms with Gasteiger partial charge >= 0.3 is 5.97 Å². The molecule has 1 saturated heterocycles. The van der Waals surface area contributed by atoms with Crippen molar-refractivity contribution in [3.63, 3.8) is 0 Å². The summed E-state index contributed by atoms with van der Waals surface area (Å²) in [7, 11) is 1.83. The van der Waals surface area contributed by atoms with E-state index in [9.17, 15) is 9.59 Å². The van der Waals surface area contributed by atoms with E-state index in [4.69, 9.17) is 4.74 Å². The second-order valence-electron chi connectivity index (χ2n) is 8.05. The second-order valence-corrected chi connectivity index (χ2v) is 8.05. The maximum absolute atomic E-state index is 12.8. The van der Waals surface area contributed by atoms with Crippen LogP contribution in [0.15, 0.2) is 60.7 Å². The van der Waals surface area contributed by atoms with Gasteiger partial charge in [-0.1, -0.05) is 60.7 Å². The maximum Gasteiger partial charge on any atom is 0.310 e. The molecule has 5 heteroatoms. The minimum absolute atomic E-state index is 0.00760. The zero-order valence-electron chi connectivity index (χ0n) is 17.8. The topological polar surface area (TPSA) is 49.9 Å². The van der Waals surface area contributed by atoms with E-state index in [1.807, 2.05) is 67.7 Å². The van der Waals surface area contributed by atoms with Gasteiger partial charge in [0.2, 0.25) is 5.91 Å². The van der Waals surface area contributed by atoms with Crippen LogP contribution < -0.4 is 0 Å². The first-order chi connectivity index (χ1) is 14.6. The number of hydrogen-bond acceptors (Lipinski definition) is 4. The Bertz CT molecular complexity index is 789. The number of rotatable bonds is 10. The Labute approximate surface area is 179 Å². The van der Waals surface area contributed by atoms with Crippen LogP contribution in [0.5, 0.6) is 0 Å². The fourth-order valence-electron chi connectivity index (χ4n) is 3.77. The van der Waals surface area contributed by atoms with Gasteiger partial charge in [0.25, 0.3) is 0 Å². The molecule has 2 aromatic rings. The smallest absolute Gasteiger partial charge is 0.310 e. The third-order valence-electron chi connectivity index (χ3n) is 5.68. The molecular weight excluding hydrogens is 376 g/mol. The van der Waals surface area contributed by atoms with Gasteiger partial charge in [0.15, 0.2) is 0 Å². The Kier molecular flexibility index (Phi) is 8.45. The van der Waals surface area contributed by atoms with Crippen molar-refractivity contribution < 1.29 is 14.3 Å². The van der Waals surface area contributed by atoms with E-state index < -0.39 is 5.92 Å². The number of ether oxygens (including phenoxy) is 1. The lowest BCUT2D eigenvalue weighted by Crippen LogP contribution is -2.37. The van der Waals surface area contributed by atoms with Crippen LogP contribution in [0.1, 0.15) is 30.4 Å². The summed E-state index contributed by atoms with van der Waals surface area (Å²) in [5.74, 6) is -0.811. The van der Waals surface area contributed by atoms with Crippen LogP contribution in [-0.4, -0.2) is 54.9 Å². The largest absolute Gasteiger partial charge is 0.461 e. The van der Waals surface area contributed by atoms with Crippen molar-refractivity contribution in [1.82, 2.24) is 9.80 Å². The number of likely N-dealkylation sites (tertiary alicyclic amines) is 1. The van der Waals surface area contributed by atoms with Crippen LogP contribution >= 0.6 is 0 Å². The van der Waals surface area contributed by atoms with Gasteiger partial charge in [0, 0.05) is 26.6 Å². The SMILES string of the molecule is CN(CCN1CCCC1)C(=O)C[C@@H](Cc1ccccc1)C(=O)OCc1ccccc1. The molecule has 1 fully saturated rings. The lowest BCUT2D eigenvalue weighted by molar-refractivity contribution is -0.152. The van der Waals surface area contributed by atoms with E-state index in [0.717, 1.165) is 30.8 Å². The minimum atomic E-state index is -0.488. The highest BCUT2D eigenvalue weighted by atomic mass is 16.5. The third-order valence-corrected chi connectivity index (χ3v) is 5.68. The number of carbonyl (C=O) groups is 2. The first-order valence-corrected chi connectivity index (χ1v) is 10.8. The molecule has 0 unspecified atom stereocenters. The number of esters is 1. The lowest BCUT2D eigenvalue weighted by atomic mass is 9.95. The standard InChI is InChI=1S/C25H32N2O3/c1-26(16-17-27-14-8-9-15-27)24(28)19-23(18-21-10-4-2-5-11-21)25(29)30-20-22-12-6-3-7-13-22/h2-7,10-13,23H,8-9,14-20H2,1H3/t23-/m1/s1. The van der Waals surface area contributed by atoms with Gasteiger partial charge in [-0.3, -0.25) is 9.59 Å². The van der Waals surface area contributed by atoms with Crippen molar-refractivity contribution >= 4 is 11.9 Å². The van der Waals surface area contributed by atoms with Crippen molar-refractivity contribution in [3.05, 3.63) is 71.8 Å². The summed E-state index contributed by atoms with van der Waals surface area (Å²) in [5.41, 5.74) is 1.98. The molecule has 1 aliphatic rings. The molecular formula is C25H32N2O3. The quantitative estimate of drug-likeness (QED) is 0.565. The summed E-state index contributed by atoms with van der Waals surface area (Å²) in [6.45, 7) is 4.04. The molecule has 0 N–H and O–H groups in total. The molecule has 30 heavy (non-hydrogen) atoms. The number of likely N-dealkylation sites (N-methyl/N-ethyl adjacent to an activating group) is 1. The van der Waals surface area contributed by atoms with Gasteiger partial charge in [-0.15, -0.1) is 0 Å². The van der Waals surface area contributed by atoms with E-state index in [0.29, 0.717) is 13.0 Å². The van der Waals surface area contributed by atoms with Gasteiger partial charge in [-0.05, 0) is 43.5 Å². The molecule has 3 rings (SSSR count).